The predicted octanol–water partition coefficient (Wildman–Crippen LogP) is 4.27. The number of hydrogen-bond donors (Lipinski definition) is 1. The maximum absolute atomic E-state index is 3.81. The molecule has 2 aliphatic carbocycles. The van der Waals surface area contributed by atoms with Gasteiger partial charge in [0, 0.05) is 6.04 Å². The lowest BCUT2D eigenvalue weighted by Gasteiger charge is -2.37. The van der Waals surface area contributed by atoms with E-state index in [2.05, 4.69) is 43.4 Å². The van der Waals surface area contributed by atoms with E-state index in [4.69, 9.17) is 0 Å². The highest BCUT2D eigenvalue weighted by Gasteiger charge is 2.31. The maximum Gasteiger partial charge on any atom is 0.00788 e. The van der Waals surface area contributed by atoms with E-state index < -0.39 is 0 Å². The SMILES string of the molecule is Cc1cccc(C2CC(NCC3CCCC3C)C2)c1. The molecule has 1 N–H and O–H groups in total. The Bertz CT molecular complexity index is 419. The van der Waals surface area contributed by atoms with Crippen LogP contribution in [-0.2, 0) is 0 Å². The van der Waals surface area contributed by atoms with Gasteiger partial charge in [-0.1, -0.05) is 49.6 Å². The van der Waals surface area contributed by atoms with Gasteiger partial charge in [-0.15, -0.1) is 0 Å². The third-order valence-electron chi connectivity index (χ3n) is 5.36. The van der Waals surface area contributed by atoms with Gasteiger partial charge in [0.1, 0.15) is 0 Å². The van der Waals surface area contributed by atoms with Crippen molar-refractivity contribution >= 4 is 0 Å². The van der Waals surface area contributed by atoms with Crippen LogP contribution in [0.25, 0.3) is 0 Å². The summed E-state index contributed by atoms with van der Waals surface area (Å²) in [4.78, 5) is 0. The van der Waals surface area contributed by atoms with Gasteiger partial charge in [0.15, 0.2) is 0 Å². The second kappa shape index (κ2) is 5.66. The van der Waals surface area contributed by atoms with Gasteiger partial charge in [-0.25, -0.2) is 0 Å². The smallest absolute Gasteiger partial charge is 0.00788 e. The number of hydrogen-bond acceptors (Lipinski definition) is 1. The molecular formula is C18H27N. The molecule has 1 nitrogen and oxygen atoms in total. The summed E-state index contributed by atoms with van der Waals surface area (Å²) in [6.45, 7) is 5.88. The summed E-state index contributed by atoms with van der Waals surface area (Å²) in [5.41, 5.74) is 2.95. The topological polar surface area (TPSA) is 12.0 Å². The third-order valence-corrected chi connectivity index (χ3v) is 5.36. The van der Waals surface area contributed by atoms with Crippen molar-refractivity contribution in [2.75, 3.05) is 6.54 Å². The van der Waals surface area contributed by atoms with Crippen molar-refractivity contribution in [3.05, 3.63) is 35.4 Å². The predicted molar refractivity (Wildman–Crippen MR) is 81.4 cm³/mol. The number of aryl methyl sites for hydroxylation is 1. The van der Waals surface area contributed by atoms with E-state index in [1.54, 1.807) is 5.56 Å². The minimum atomic E-state index is 0.776. The first-order chi connectivity index (χ1) is 9.22. The molecule has 2 fully saturated rings. The first kappa shape index (κ1) is 13.2. The summed E-state index contributed by atoms with van der Waals surface area (Å²) in [5.74, 6) is 2.69. The molecule has 0 radical (unpaired) electrons. The average molecular weight is 257 g/mol. The largest absolute Gasteiger partial charge is 0.314 e. The maximum atomic E-state index is 3.81. The zero-order valence-corrected chi connectivity index (χ0v) is 12.4. The van der Waals surface area contributed by atoms with Crippen LogP contribution in [0.15, 0.2) is 24.3 Å². The molecule has 0 spiro atoms. The number of benzene rings is 1. The minimum Gasteiger partial charge on any atom is -0.314 e. The molecule has 0 amide bonds. The zero-order valence-electron chi connectivity index (χ0n) is 12.4. The molecule has 0 bridgehead atoms. The Morgan fingerprint density at radius 1 is 1.21 bits per heavy atom. The fourth-order valence-corrected chi connectivity index (χ4v) is 3.82. The highest BCUT2D eigenvalue weighted by Crippen LogP contribution is 2.38. The van der Waals surface area contributed by atoms with Crippen molar-refractivity contribution in [1.82, 2.24) is 5.32 Å². The monoisotopic (exact) mass is 257 g/mol. The molecule has 1 aromatic carbocycles. The summed E-state index contributed by atoms with van der Waals surface area (Å²) in [7, 11) is 0. The lowest BCUT2D eigenvalue weighted by atomic mass is 9.75. The average Bonchev–Trinajstić information content (AvgIpc) is 2.73. The van der Waals surface area contributed by atoms with E-state index in [1.165, 1.54) is 44.2 Å². The van der Waals surface area contributed by atoms with Crippen LogP contribution in [-0.4, -0.2) is 12.6 Å². The van der Waals surface area contributed by atoms with E-state index in [0.29, 0.717) is 0 Å². The van der Waals surface area contributed by atoms with Crippen molar-refractivity contribution in [2.45, 2.75) is 57.9 Å². The van der Waals surface area contributed by atoms with Gasteiger partial charge in [-0.2, -0.15) is 0 Å². The fourth-order valence-electron chi connectivity index (χ4n) is 3.82. The van der Waals surface area contributed by atoms with Gasteiger partial charge in [-0.3, -0.25) is 0 Å². The molecule has 2 aliphatic rings. The number of nitrogens with one attached hydrogen (secondary N) is 1. The molecule has 3 rings (SSSR count). The molecule has 104 valence electrons. The molecule has 1 heteroatoms. The van der Waals surface area contributed by atoms with Crippen molar-refractivity contribution in [1.29, 1.82) is 0 Å². The Morgan fingerprint density at radius 3 is 2.74 bits per heavy atom. The van der Waals surface area contributed by atoms with Crippen LogP contribution < -0.4 is 5.32 Å². The van der Waals surface area contributed by atoms with Gasteiger partial charge < -0.3 is 5.32 Å². The van der Waals surface area contributed by atoms with Crippen LogP contribution in [0.2, 0.25) is 0 Å². The standard InChI is InChI=1S/C18H27N/c1-13-5-3-7-15(9-13)17-10-18(11-17)19-12-16-8-4-6-14(16)2/h3,5,7,9,14,16-19H,4,6,8,10-12H2,1-2H3. The van der Waals surface area contributed by atoms with Gasteiger partial charge in [-0.05, 0) is 56.0 Å². The van der Waals surface area contributed by atoms with Crippen LogP contribution in [0.5, 0.6) is 0 Å². The van der Waals surface area contributed by atoms with Gasteiger partial charge in [0.25, 0.3) is 0 Å². The summed E-state index contributed by atoms with van der Waals surface area (Å²) in [6, 6.07) is 9.83. The number of rotatable bonds is 4. The molecule has 2 saturated carbocycles. The van der Waals surface area contributed by atoms with Crippen LogP contribution in [0.1, 0.15) is 56.1 Å². The van der Waals surface area contributed by atoms with Crippen molar-refractivity contribution in [2.24, 2.45) is 11.8 Å². The Kier molecular flexibility index (Phi) is 3.93. The van der Waals surface area contributed by atoms with Gasteiger partial charge in [0.05, 0.1) is 0 Å². The summed E-state index contributed by atoms with van der Waals surface area (Å²) in [5, 5.41) is 3.81. The Labute approximate surface area is 117 Å². The molecule has 1 aromatic rings. The van der Waals surface area contributed by atoms with Crippen LogP contribution >= 0.6 is 0 Å². The van der Waals surface area contributed by atoms with Crippen LogP contribution in [0.4, 0.5) is 0 Å². The Balaban J connectivity index is 1.43. The van der Waals surface area contributed by atoms with E-state index in [1.807, 2.05) is 0 Å². The molecule has 0 aliphatic heterocycles. The second-order valence-electron chi connectivity index (χ2n) is 6.86. The highest BCUT2D eigenvalue weighted by atomic mass is 14.9. The van der Waals surface area contributed by atoms with Crippen LogP contribution in [0, 0.1) is 18.8 Å². The first-order valence-corrected chi connectivity index (χ1v) is 8.02. The lowest BCUT2D eigenvalue weighted by molar-refractivity contribution is 0.264. The normalized spacial score (nSPS) is 34.2. The van der Waals surface area contributed by atoms with Crippen molar-refractivity contribution < 1.29 is 0 Å². The van der Waals surface area contributed by atoms with Gasteiger partial charge >= 0.3 is 0 Å². The van der Waals surface area contributed by atoms with Gasteiger partial charge in [0.2, 0.25) is 0 Å². The van der Waals surface area contributed by atoms with E-state index in [0.717, 1.165) is 23.8 Å². The first-order valence-electron chi connectivity index (χ1n) is 8.02. The molecular weight excluding hydrogens is 230 g/mol. The quantitative estimate of drug-likeness (QED) is 0.849. The minimum absolute atomic E-state index is 0.776. The highest BCUT2D eigenvalue weighted by molar-refractivity contribution is 5.27. The second-order valence-corrected chi connectivity index (χ2v) is 6.86. The lowest BCUT2D eigenvalue weighted by Crippen LogP contribution is -2.42. The van der Waals surface area contributed by atoms with E-state index in [9.17, 15) is 0 Å². The third kappa shape index (κ3) is 3.02. The summed E-state index contributed by atoms with van der Waals surface area (Å²) >= 11 is 0. The zero-order chi connectivity index (χ0) is 13.2. The van der Waals surface area contributed by atoms with E-state index in [-0.39, 0.29) is 0 Å². The summed E-state index contributed by atoms with van der Waals surface area (Å²) in [6.07, 6.45) is 7.02. The fraction of sp³-hybridized carbons (Fsp3) is 0.667. The van der Waals surface area contributed by atoms with Crippen LogP contribution in [0.3, 0.4) is 0 Å². The van der Waals surface area contributed by atoms with Crippen molar-refractivity contribution in [3.8, 4) is 0 Å². The molecule has 0 heterocycles. The Morgan fingerprint density at radius 2 is 2.05 bits per heavy atom. The van der Waals surface area contributed by atoms with E-state index >= 15 is 0 Å². The molecule has 2 atom stereocenters. The van der Waals surface area contributed by atoms with Crippen molar-refractivity contribution in [3.63, 3.8) is 0 Å². The summed E-state index contributed by atoms with van der Waals surface area (Å²) < 4.78 is 0. The Hall–Kier alpha value is -0.820. The molecule has 2 unspecified atom stereocenters. The molecule has 0 saturated heterocycles. The molecule has 0 aromatic heterocycles. The molecule has 19 heavy (non-hydrogen) atoms.